The lowest BCUT2D eigenvalue weighted by molar-refractivity contribution is -0.385. The van der Waals surface area contributed by atoms with Gasteiger partial charge in [-0.2, -0.15) is 0 Å². The summed E-state index contributed by atoms with van der Waals surface area (Å²) in [6, 6.07) is 1.68. The van der Waals surface area contributed by atoms with Crippen molar-refractivity contribution in [3.63, 3.8) is 0 Å². The smallest absolute Gasteiger partial charge is 0.287 e. The topological polar surface area (TPSA) is 88.4 Å². The van der Waals surface area contributed by atoms with Crippen LogP contribution >= 0.6 is 0 Å². The highest BCUT2D eigenvalue weighted by Crippen LogP contribution is 2.28. The third-order valence-electron chi connectivity index (χ3n) is 4.82. The lowest BCUT2D eigenvalue weighted by atomic mass is 10.1. The number of likely N-dealkylation sites (tertiary alicyclic amines) is 1. The maximum absolute atomic E-state index is 12.4. The first-order valence-corrected chi connectivity index (χ1v) is 8.21. The van der Waals surface area contributed by atoms with E-state index in [0.29, 0.717) is 18.3 Å². The van der Waals surface area contributed by atoms with Gasteiger partial charge in [0.15, 0.2) is 0 Å². The first-order chi connectivity index (χ1) is 11.0. The largest absolute Gasteiger partial charge is 0.365 e. The molecule has 2 fully saturated rings. The van der Waals surface area contributed by atoms with E-state index in [1.165, 1.54) is 12.3 Å². The Bertz CT molecular complexity index is 613. The number of carbonyl (C=O) groups is 1. The van der Waals surface area contributed by atoms with Crippen LogP contribution in [0.5, 0.6) is 0 Å². The van der Waals surface area contributed by atoms with Gasteiger partial charge in [-0.3, -0.25) is 14.9 Å². The van der Waals surface area contributed by atoms with Crippen LogP contribution in [0.4, 0.5) is 11.5 Å². The van der Waals surface area contributed by atoms with Gasteiger partial charge in [0.1, 0.15) is 12.0 Å². The normalized spacial score (nSPS) is 21.6. The Balaban J connectivity index is 1.59. The Kier molecular flexibility index (Phi) is 4.45. The molecule has 0 radical (unpaired) electrons. The number of aryl methyl sites for hydroxylation is 1. The van der Waals surface area contributed by atoms with Gasteiger partial charge in [0.25, 0.3) is 5.69 Å². The summed E-state index contributed by atoms with van der Waals surface area (Å²) in [6.07, 6.45) is 6.53. The first-order valence-electron chi connectivity index (χ1n) is 8.21. The van der Waals surface area contributed by atoms with E-state index in [1.807, 2.05) is 4.90 Å². The molecule has 7 heteroatoms. The molecule has 3 rings (SSSR count). The summed E-state index contributed by atoms with van der Waals surface area (Å²) in [4.78, 5) is 28.9. The monoisotopic (exact) mass is 318 g/mol. The second-order valence-electron chi connectivity index (χ2n) is 6.51. The van der Waals surface area contributed by atoms with Crippen LogP contribution in [0.15, 0.2) is 12.3 Å². The number of pyridine rings is 1. The zero-order chi connectivity index (χ0) is 16.4. The third-order valence-corrected chi connectivity index (χ3v) is 4.82. The number of nitrogens with zero attached hydrogens (tertiary/aromatic N) is 3. The minimum atomic E-state index is -0.443. The summed E-state index contributed by atoms with van der Waals surface area (Å²) in [5.41, 5.74) is 0.747. The molecule has 0 bridgehead atoms. The fraction of sp³-hybridized carbons (Fsp3) is 0.625. The second kappa shape index (κ2) is 6.52. The van der Waals surface area contributed by atoms with Gasteiger partial charge in [-0.15, -0.1) is 0 Å². The molecule has 1 amide bonds. The van der Waals surface area contributed by atoms with Crippen LogP contribution in [-0.2, 0) is 4.79 Å². The van der Waals surface area contributed by atoms with E-state index < -0.39 is 4.92 Å². The molecule has 23 heavy (non-hydrogen) atoms. The predicted molar refractivity (Wildman–Crippen MR) is 86.2 cm³/mol. The number of aromatic nitrogens is 1. The van der Waals surface area contributed by atoms with E-state index in [2.05, 4.69) is 10.3 Å². The van der Waals surface area contributed by atoms with Crippen LogP contribution < -0.4 is 5.32 Å². The molecule has 0 spiro atoms. The quantitative estimate of drug-likeness (QED) is 0.680. The van der Waals surface area contributed by atoms with Gasteiger partial charge in [0, 0.05) is 31.1 Å². The van der Waals surface area contributed by atoms with Crippen molar-refractivity contribution >= 4 is 17.4 Å². The molecule has 1 N–H and O–H groups in total. The van der Waals surface area contributed by atoms with E-state index >= 15 is 0 Å². The molecular weight excluding hydrogens is 296 g/mol. The molecule has 1 unspecified atom stereocenters. The maximum Gasteiger partial charge on any atom is 0.287 e. The summed E-state index contributed by atoms with van der Waals surface area (Å²) in [7, 11) is 0. The number of anilines is 1. The van der Waals surface area contributed by atoms with E-state index in [1.54, 1.807) is 6.92 Å². The van der Waals surface area contributed by atoms with E-state index in [4.69, 9.17) is 0 Å². The highest BCUT2D eigenvalue weighted by molar-refractivity contribution is 5.79. The SMILES string of the molecule is Cc1cc([N+](=O)[O-])cnc1NC1CCN(C(=O)C2CCCC2)C1. The van der Waals surface area contributed by atoms with E-state index in [0.717, 1.165) is 44.2 Å². The van der Waals surface area contributed by atoms with Gasteiger partial charge in [-0.25, -0.2) is 4.98 Å². The van der Waals surface area contributed by atoms with Crippen LogP contribution in [0.25, 0.3) is 0 Å². The van der Waals surface area contributed by atoms with Gasteiger partial charge in [0.2, 0.25) is 5.91 Å². The first kappa shape index (κ1) is 15.7. The van der Waals surface area contributed by atoms with E-state index in [9.17, 15) is 14.9 Å². The van der Waals surface area contributed by atoms with Gasteiger partial charge in [-0.05, 0) is 31.7 Å². The minimum absolute atomic E-state index is 0.00231. The van der Waals surface area contributed by atoms with Crippen molar-refractivity contribution < 1.29 is 9.72 Å². The average Bonchev–Trinajstić information content (AvgIpc) is 3.19. The van der Waals surface area contributed by atoms with Crippen molar-refractivity contribution in [2.24, 2.45) is 5.92 Å². The number of nitrogens with one attached hydrogen (secondary N) is 1. The minimum Gasteiger partial charge on any atom is -0.365 e. The van der Waals surface area contributed by atoms with E-state index in [-0.39, 0.29) is 17.6 Å². The third kappa shape index (κ3) is 3.43. The van der Waals surface area contributed by atoms with Crippen molar-refractivity contribution in [3.05, 3.63) is 27.9 Å². The van der Waals surface area contributed by atoms with Crippen molar-refractivity contribution in [2.75, 3.05) is 18.4 Å². The highest BCUT2D eigenvalue weighted by atomic mass is 16.6. The van der Waals surface area contributed by atoms with Gasteiger partial charge in [-0.1, -0.05) is 12.8 Å². The van der Waals surface area contributed by atoms with Crippen LogP contribution in [0.3, 0.4) is 0 Å². The molecule has 7 nitrogen and oxygen atoms in total. The van der Waals surface area contributed by atoms with Gasteiger partial charge in [0.05, 0.1) is 4.92 Å². The standard InChI is InChI=1S/C16H22N4O3/c1-11-8-14(20(22)23)9-17-15(11)18-13-6-7-19(10-13)16(21)12-4-2-3-5-12/h8-9,12-13H,2-7,10H2,1H3,(H,17,18). The fourth-order valence-electron chi connectivity index (χ4n) is 3.51. The van der Waals surface area contributed by atoms with Gasteiger partial charge >= 0.3 is 0 Å². The zero-order valence-electron chi connectivity index (χ0n) is 13.3. The Hall–Kier alpha value is -2.18. The van der Waals surface area contributed by atoms with Crippen molar-refractivity contribution in [2.45, 2.75) is 45.1 Å². The van der Waals surface area contributed by atoms with Crippen LogP contribution in [0.2, 0.25) is 0 Å². The lowest BCUT2D eigenvalue weighted by Gasteiger charge is -2.21. The van der Waals surface area contributed by atoms with Crippen molar-refractivity contribution in [3.8, 4) is 0 Å². The molecule has 124 valence electrons. The number of amides is 1. The lowest BCUT2D eigenvalue weighted by Crippen LogP contribution is -2.35. The fourth-order valence-corrected chi connectivity index (χ4v) is 3.51. The van der Waals surface area contributed by atoms with Gasteiger partial charge < -0.3 is 10.2 Å². The van der Waals surface area contributed by atoms with Crippen LogP contribution in [0.1, 0.15) is 37.7 Å². The number of carbonyl (C=O) groups excluding carboxylic acids is 1. The van der Waals surface area contributed by atoms with Crippen LogP contribution in [-0.4, -0.2) is 39.8 Å². The number of nitro groups is 1. The second-order valence-corrected chi connectivity index (χ2v) is 6.51. The Morgan fingerprint density at radius 1 is 1.39 bits per heavy atom. The van der Waals surface area contributed by atoms with Crippen LogP contribution in [0, 0.1) is 23.0 Å². The Morgan fingerprint density at radius 2 is 2.13 bits per heavy atom. The molecule has 1 aromatic heterocycles. The zero-order valence-corrected chi connectivity index (χ0v) is 13.3. The maximum atomic E-state index is 12.4. The average molecular weight is 318 g/mol. The summed E-state index contributed by atoms with van der Waals surface area (Å²) < 4.78 is 0. The molecule has 1 aromatic rings. The molecule has 2 heterocycles. The number of hydrogen-bond acceptors (Lipinski definition) is 5. The summed E-state index contributed by atoms with van der Waals surface area (Å²) in [6.45, 7) is 3.27. The van der Waals surface area contributed by atoms with Crippen molar-refractivity contribution in [1.82, 2.24) is 9.88 Å². The summed E-state index contributed by atoms with van der Waals surface area (Å²) >= 11 is 0. The molecule has 1 saturated heterocycles. The Morgan fingerprint density at radius 3 is 2.78 bits per heavy atom. The van der Waals surface area contributed by atoms with Crippen molar-refractivity contribution in [1.29, 1.82) is 0 Å². The summed E-state index contributed by atoms with van der Waals surface area (Å²) in [5, 5.41) is 14.1. The summed E-state index contributed by atoms with van der Waals surface area (Å²) in [5.74, 6) is 1.17. The Labute approximate surface area is 135 Å². The highest BCUT2D eigenvalue weighted by Gasteiger charge is 2.32. The molecule has 1 atom stereocenters. The molecular formula is C16H22N4O3. The molecule has 2 aliphatic rings. The molecule has 0 aromatic carbocycles. The molecule has 1 aliphatic heterocycles. The molecule has 1 aliphatic carbocycles. The predicted octanol–water partition coefficient (Wildman–Crippen LogP) is 2.50. The number of rotatable bonds is 4. The number of hydrogen-bond donors (Lipinski definition) is 1. The molecule has 1 saturated carbocycles.